The second-order valence-electron chi connectivity index (χ2n) is 5.16. The summed E-state index contributed by atoms with van der Waals surface area (Å²) >= 11 is 5.89. The van der Waals surface area contributed by atoms with E-state index in [9.17, 15) is 9.90 Å². The fraction of sp³-hybridized carbons (Fsp3) is 0.462. The van der Waals surface area contributed by atoms with Crippen LogP contribution in [0.5, 0.6) is 0 Å². The summed E-state index contributed by atoms with van der Waals surface area (Å²) in [6.45, 7) is 4.63. The van der Waals surface area contributed by atoms with Crippen LogP contribution in [-0.2, 0) is 0 Å². The van der Waals surface area contributed by atoms with Gasteiger partial charge in [0.05, 0.1) is 23.8 Å². The van der Waals surface area contributed by atoms with E-state index < -0.39 is 5.60 Å². The highest BCUT2D eigenvalue weighted by molar-refractivity contribution is 6.33. The lowest BCUT2D eigenvalue weighted by molar-refractivity contribution is -0.110. The van der Waals surface area contributed by atoms with Crippen molar-refractivity contribution in [2.45, 2.75) is 19.4 Å². The van der Waals surface area contributed by atoms with Crippen molar-refractivity contribution in [2.75, 3.05) is 18.8 Å². The first-order valence-electron chi connectivity index (χ1n) is 5.90. The Balaban J connectivity index is 2.08. The van der Waals surface area contributed by atoms with Gasteiger partial charge >= 0.3 is 0 Å². The molecule has 1 heterocycles. The van der Waals surface area contributed by atoms with Crippen LogP contribution in [0.25, 0.3) is 0 Å². The van der Waals surface area contributed by atoms with Crippen molar-refractivity contribution in [3.05, 3.63) is 28.8 Å². The number of β-amino-alcohol motifs (C(OH)–C–C–N with tert-alkyl or cyclic N) is 1. The van der Waals surface area contributed by atoms with E-state index in [1.54, 1.807) is 23.1 Å². The Morgan fingerprint density at radius 1 is 1.50 bits per heavy atom. The standard InChI is InChI=1S/C13H17ClN2O2/c1-8(2)13(18)6-16(7-13)12(17)9-3-4-11(15)10(14)5-9/h3-5,8,18H,6-7,15H2,1-2H3. The van der Waals surface area contributed by atoms with Crippen LogP contribution < -0.4 is 5.73 Å². The minimum absolute atomic E-state index is 0.123. The molecule has 0 saturated carbocycles. The Bertz CT molecular complexity index is 482. The number of carbonyl (C=O) groups excluding carboxylic acids is 1. The molecular weight excluding hydrogens is 252 g/mol. The first kappa shape index (κ1) is 13.2. The highest BCUT2D eigenvalue weighted by Gasteiger charge is 2.45. The molecule has 0 bridgehead atoms. The number of hydrogen-bond donors (Lipinski definition) is 2. The zero-order valence-electron chi connectivity index (χ0n) is 10.5. The van der Waals surface area contributed by atoms with E-state index in [0.29, 0.717) is 29.4 Å². The van der Waals surface area contributed by atoms with Gasteiger partial charge in [-0.25, -0.2) is 0 Å². The van der Waals surface area contributed by atoms with Gasteiger partial charge in [0.2, 0.25) is 0 Å². The molecule has 0 radical (unpaired) electrons. The number of benzene rings is 1. The molecule has 1 saturated heterocycles. The Hall–Kier alpha value is -1.26. The molecule has 2 rings (SSSR count). The SMILES string of the molecule is CC(C)C1(O)CN(C(=O)c2ccc(N)c(Cl)c2)C1. The molecule has 0 aromatic heterocycles. The molecule has 98 valence electrons. The van der Waals surface area contributed by atoms with E-state index in [0.717, 1.165) is 0 Å². The van der Waals surface area contributed by atoms with Gasteiger partial charge in [-0.05, 0) is 24.1 Å². The molecule has 5 heteroatoms. The lowest BCUT2D eigenvalue weighted by atomic mass is 9.82. The second-order valence-corrected chi connectivity index (χ2v) is 5.56. The van der Waals surface area contributed by atoms with Crippen molar-refractivity contribution >= 4 is 23.2 Å². The van der Waals surface area contributed by atoms with Gasteiger partial charge in [-0.15, -0.1) is 0 Å². The van der Waals surface area contributed by atoms with E-state index in [2.05, 4.69) is 0 Å². The van der Waals surface area contributed by atoms with Gasteiger partial charge in [-0.3, -0.25) is 4.79 Å². The Labute approximate surface area is 111 Å². The number of nitrogens with two attached hydrogens (primary N) is 1. The van der Waals surface area contributed by atoms with Crippen LogP contribution in [-0.4, -0.2) is 34.6 Å². The summed E-state index contributed by atoms with van der Waals surface area (Å²) in [6.07, 6.45) is 0. The maximum absolute atomic E-state index is 12.1. The smallest absolute Gasteiger partial charge is 0.254 e. The Morgan fingerprint density at radius 3 is 2.61 bits per heavy atom. The molecule has 1 aliphatic rings. The van der Waals surface area contributed by atoms with E-state index in [1.807, 2.05) is 13.8 Å². The quantitative estimate of drug-likeness (QED) is 0.804. The normalized spacial score (nSPS) is 17.7. The van der Waals surface area contributed by atoms with Gasteiger partial charge in [-0.1, -0.05) is 25.4 Å². The lowest BCUT2D eigenvalue weighted by Gasteiger charge is -2.49. The number of anilines is 1. The summed E-state index contributed by atoms with van der Waals surface area (Å²) in [4.78, 5) is 13.7. The minimum Gasteiger partial charge on any atom is -0.398 e. The van der Waals surface area contributed by atoms with E-state index >= 15 is 0 Å². The third kappa shape index (κ3) is 2.18. The molecule has 1 aromatic carbocycles. The third-order valence-electron chi connectivity index (χ3n) is 3.54. The van der Waals surface area contributed by atoms with Crippen LogP contribution in [0.4, 0.5) is 5.69 Å². The van der Waals surface area contributed by atoms with Crippen LogP contribution in [0.2, 0.25) is 5.02 Å². The Morgan fingerprint density at radius 2 is 2.11 bits per heavy atom. The summed E-state index contributed by atoms with van der Waals surface area (Å²) in [7, 11) is 0. The zero-order valence-corrected chi connectivity index (χ0v) is 11.2. The van der Waals surface area contributed by atoms with Crippen LogP contribution in [0.1, 0.15) is 24.2 Å². The van der Waals surface area contributed by atoms with E-state index in [4.69, 9.17) is 17.3 Å². The average molecular weight is 269 g/mol. The number of nitrogens with zero attached hydrogens (tertiary/aromatic N) is 1. The molecule has 0 atom stereocenters. The first-order chi connectivity index (χ1) is 8.33. The number of nitrogen functional groups attached to an aromatic ring is 1. The van der Waals surface area contributed by atoms with E-state index in [1.165, 1.54) is 0 Å². The average Bonchev–Trinajstić information content (AvgIpc) is 2.27. The van der Waals surface area contributed by atoms with Gasteiger partial charge in [0.25, 0.3) is 5.91 Å². The topological polar surface area (TPSA) is 66.6 Å². The van der Waals surface area contributed by atoms with Crippen molar-refractivity contribution in [3.8, 4) is 0 Å². The number of carbonyl (C=O) groups is 1. The fourth-order valence-electron chi connectivity index (χ4n) is 1.97. The Kier molecular flexibility index (Phi) is 3.25. The fourth-order valence-corrected chi connectivity index (χ4v) is 2.15. The molecular formula is C13H17ClN2O2. The predicted molar refractivity (Wildman–Crippen MR) is 71.6 cm³/mol. The predicted octanol–water partition coefficient (Wildman–Crippen LogP) is 1.77. The van der Waals surface area contributed by atoms with Crippen molar-refractivity contribution < 1.29 is 9.90 Å². The van der Waals surface area contributed by atoms with E-state index in [-0.39, 0.29) is 11.8 Å². The molecule has 3 N–H and O–H groups in total. The highest BCUT2D eigenvalue weighted by Crippen LogP contribution is 2.30. The zero-order chi connectivity index (χ0) is 13.5. The van der Waals surface area contributed by atoms with Crippen molar-refractivity contribution in [3.63, 3.8) is 0 Å². The summed E-state index contributed by atoms with van der Waals surface area (Å²) in [6, 6.07) is 4.83. The minimum atomic E-state index is -0.757. The first-order valence-corrected chi connectivity index (χ1v) is 6.28. The highest BCUT2D eigenvalue weighted by atomic mass is 35.5. The van der Waals surface area contributed by atoms with Crippen LogP contribution in [0.3, 0.4) is 0 Å². The number of amides is 1. The summed E-state index contributed by atoms with van der Waals surface area (Å²) in [5, 5.41) is 10.5. The molecule has 1 fully saturated rings. The molecule has 18 heavy (non-hydrogen) atoms. The molecule has 0 aliphatic carbocycles. The van der Waals surface area contributed by atoms with Crippen LogP contribution >= 0.6 is 11.6 Å². The molecule has 4 nitrogen and oxygen atoms in total. The number of hydrogen-bond acceptors (Lipinski definition) is 3. The van der Waals surface area contributed by atoms with Gasteiger partial charge < -0.3 is 15.7 Å². The molecule has 1 aromatic rings. The number of rotatable bonds is 2. The maximum Gasteiger partial charge on any atom is 0.254 e. The second kappa shape index (κ2) is 4.44. The van der Waals surface area contributed by atoms with Crippen LogP contribution in [0.15, 0.2) is 18.2 Å². The van der Waals surface area contributed by atoms with Gasteiger partial charge in [0.1, 0.15) is 5.60 Å². The number of halogens is 1. The molecule has 1 amide bonds. The lowest BCUT2D eigenvalue weighted by Crippen LogP contribution is -2.65. The summed E-state index contributed by atoms with van der Waals surface area (Å²) in [5.74, 6) is 0.0128. The molecule has 0 spiro atoms. The van der Waals surface area contributed by atoms with Gasteiger partial charge in [0.15, 0.2) is 0 Å². The van der Waals surface area contributed by atoms with Crippen molar-refractivity contribution in [1.82, 2.24) is 4.90 Å². The summed E-state index contributed by atoms with van der Waals surface area (Å²) in [5.41, 5.74) is 5.79. The van der Waals surface area contributed by atoms with Crippen molar-refractivity contribution in [2.24, 2.45) is 5.92 Å². The largest absolute Gasteiger partial charge is 0.398 e. The van der Waals surface area contributed by atoms with Gasteiger partial charge in [0, 0.05) is 5.56 Å². The monoisotopic (exact) mass is 268 g/mol. The maximum atomic E-state index is 12.1. The third-order valence-corrected chi connectivity index (χ3v) is 3.87. The van der Waals surface area contributed by atoms with Crippen LogP contribution in [0, 0.1) is 5.92 Å². The molecule has 0 unspecified atom stereocenters. The number of aliphatic hydroxyl groups is 1. The molecule has 1 aliphatic heterocycles. The number of likely N-dealkylation sites (tertiary alicyclic amines) is 1. The summed E-state index contributed by atoms with van der Waals surface area (Å²) < 4.78 is 0. The van der Waals surface area contributed by atoms with Crippen molar-refractivity contribution in [1.29, 1.82) is 0 Å². The van der Waals surface area contributed by atoms with Gasteiger partial charge in [-0.2, -0.15) is 0 Å².